The summed E-state index contributed by atoms with van der Waals surface area (Å²) in [6.45, 7) is 0. The third-order valence-corrected chi connectivity index (χ3v) is 1.59. The number of fused-ring (bicyclic) bond motifs is 1. The lowest BCUT2D eigenvalue weighted by atomic mass is 10.5. The summed E-state index contributed by atoms with van der Waals surface area (Å²) < 4.78 is 10.1. The Morgan fingerprint density at radius 2 is 2.45 bits per heavy atom. The fourth-order valence-electron chi connectivity index (χ4n) is 1.11. The predicted octanol–water partition coefficient (Wildman–Crippen LogP) is 1.35. The number of H-pyrrole nitrogens is 1. The van der Waals surface area contributed by atoms with Crippen molar-refractivity contribution in [1.29, 1.82) is 0 Å². The van der Waals surface area contributed by atoms with E-state index in [-0.39, 0.29) is 0 Å². The van der Waals surface area contributed by atoms with Crippen molar-refractivity contribution in [3.63, 3.8) is 0 Å². The van der Waals surface area contributed by atoms with E-state index in [1.165, 1.54) is 0 Å². The molecule has 0 saturated heterocycles. The van der Waals surface area contributed by atoms with Gasteiger partial charge in [-0.3, -0.25) is 0 Å². The number of aromatic amines is 1. The van der Waals surface area contributed by atoms with E-state index in [4.69, 9.17) is 14.9 Å². The number of anilines is 1. The molecular weight excluding hydrogens is 144 g/mol. The maximum absolute atomic E-state index is 5.57. The Balaban J connectivity index is 2.80. The van der Waals surface area contributed by atoms with Crippen LogP contribution in [0.1, 0.15) is 0 Å². The molecule has 4 nitrogen and oxygen atoms in total. The highest BCUT2D eigenvalue weighted by Crippen LogP contribution is 2.31. The lowest BCUT2D eigenvalue weighted by Crippen LogP contribution is -1.88. The van der Waals surface area contributed by atoms with Gasteiger partial charge in [-0.25, -0.2) is 0 Å². The summed E-state index contributed by atoms with van der Waals surface area (Å²) in [6.07, 6.45) is 1.59. The van der Waals surface area contributed by atoms with Crippen LogP contribution in [0.2, 0.25) is 0 Å². The van der Waals surface area contributed by atoms with Crippen molar-refractivity contribution in [3.8, 4) is 5.75 Å². The van der Waals surface area contributed by atoms with E-state index in [0.717, 1.165) is 5.52 Å². The predicted molar refractivity (Wildman–Crippen MR) is 41.5 cm³/mol. The number of rotatable bonds is 1. The normalized spacial score (nSPS) is 10.6. The number of hydrogen-bond donors (Lipinski definition) is 2. The highest BCUT2D eigenvalue weighted by molar-refractivity contribution is 5.86. The highest BCUT2D eigenvalue weighted by atomic mass is 16.5. The van der Waals surface area contributed by atoms with Crippen molar-refractivity contribution >= 4 is 16.9 Å². The van der Waals surface area contributed by atoms with E-state index >= 15 is 0 Å². The van der Waals surface area contributed by atoms with Crippen molar-refractivity contribution in [2.24, 2.45) is 0 Å². The maximum Gasteiger partial charge on any atom is 0.204 e. The Labute approximate surface area is 62.9 Å². The second-order valence-electron chi connectivity index (χ2n) is 2.24. The Kier molecular flexibility index (Phi) is 1.09. The molecule has 11 heavy (non-hydrogen) atoms. The number of ether oxygens (including phenoxy) is 1. The van der Waals surface area contributed by atoms with Gasteiger partial charge in [0.05, 0.1) is 18.9 Å². The third-order valence-electron chi connectivity index (χ3n) is 1.59. The number of furan rings is 1. The van der Waals surface area contributed by atoms with Crippen molar-refractivity contribution in [1.82, 2.24) is 4.98 Å². The minimum atomic E-state index is 0.502. The van der Waals surface area contributed by atoms with E-state index in [1.54, 1.807) is 19.4 Å². The van der Waals surface area contributed by atoms with Gasteiger partial charge in [-0.15, -0.1) is 0 Å². The molecule has 3 N–H and O–H groups in total. The summed E-state index contributed by atoms with van der Waals surface area (Å²) in [5, 5.41) is 0. The molecule has 0 atom stereocenters. The summed E-state index contributed by atoms with van der Waals surface area (Å²) in [5.41, 5.74) is 7.10. The molecule has 0 fully saturated rings. The fourth-order valence-corrected chi connectivity index (χ4v) is 1.11. The average Bonchev–Trinajstić information content (AvgIpc) is 2.46. The Hall–Kier alpha value is -1.58. The number of nitrogens with two attached hydrogens (primary N) is 1. The van der Waals surface area contributed by atoms with Crippen LogP contribution in [-0.4, -0.2) is 12.1 Å². The van der Waals surface area contributed by atoms with Crippen LogP contribution < -0.4 is 10.5 Å². The smallest absolute Gasteiger partial charge is 0.204 e. The molecule has 0 amide bonds. The van der Waals surface area contributed by atoms with Crippen molar-refractivity contribution in [2.75, 3.05) is 12.8 Å². The summed E-state index contributed by atoms with van der Waals surface area (Å²) >= 11 is 0. The zero-order valence-corrected chi connectivity index (χ0v) is 6.05. The van der Waals surface area contributed by atoms with Crippen molar-refractivity contribution < 1.29 is 9.15 Å². The quantitative estimate of drug-likeness (QED) is 0.648. The van der Waals surface area contributed by atoms with Gasteiger partial charge < -0.3 is 19.9 Å². The van der Waals surface area contributed by atoms with Gasteiger partial charge in [-0.2, -0.15) is 0 Å². The van der Waals surface area contributed by atoms with Crippen LogP contribution in [0.5, 0.6) is 5.75 Å². The van der Waals surface area contributed by atoms with E-state index in [9.17, 15) is 0 Å². The Morgan fingerprint density at radius 3 is 3.18 bits per heavy atom. The van der Waals surface area contributed by atoms with Crippen LogP contribution in [0.3, 0.4) is 0 Å². The molecule has 0 bridgehead atoms. The highest BCUT2D eigenvalue weighted by Gasteiger charge is 2.11. The molecule has 4 heteroatoms. The zero-order valence-electron chi connectivity index (χ0n) is 6.05. The average molecular weight is 152 g/mol. The maximum atomic E-state index is 5.57. The monoisotopic (exact) mass is 152 g/mol. The summed E-state index contributed by atoms with van der Waals surface area (Å²) in [5.74, 6) is 1.08. The van der Waals surface area contributed by atoms with Gasteiger partial charge >= 0.3 is 0 Å². The standard InChI is InChI=1S/C7H8N2O2/c1-10-6-5-4(2-3-11-5)9-7(6)8/h2-3,9H,8H2,1H3. The molecule has 0 aromatic carbocycles. The van der Waals surface area contributed by atoms with Crippen molar-refractivity contribution in [3.05, 3.63) is 12.3 Å². The van der Waals surface area contributed by atoms with Gasteiger partial charge in [-0.05, 0) is 0 Å². The van der Waals surface area contributed by atoms with E-state index in [0.29, 0.717) is 17.2 Å². The summed E-state index contributed by atoms with van der Waals surface area (Å²) in [6, 6.07) is 1.80. The fraction of sp³-hybridized carbons (Fsp3) is 0.143. The molecular formula is C7H8N2O2. The van der Waals surface area contributed by atoms with Crippen LogP contribution in [0.25, 0.3) is 11.1 Å². The second kappa shape index (κ2) is 1.95. The lowest BCUT2D eigenvalue weighted by Gasteiger charge is -1.94. The molecule has 0 saturated carbocycles. The first-order valence-corrected chi connectivity index (χ1v) is 3.21. The van der Waals surface area contributed by atoms with Gasteiger partial charge in [0, 0.05) is 6.07 Å². The van der Waals surface area contributed by atoms with E-state index in [2.05, 4.69) is 4.98 Å². The third kappa shape index (κ3) is 0.690. The first kappa shape index (κ1) is 6.15. The summed E-state index contributed by atoms with van der Waals surface area (Å²) in [4.78, 5) is 2.92. The Morgan fingerprint density at radius 1 is 1.64 bits per heavy atom. The van der Waals surface area contributed by atoms with Crippen LogP contribution in [-0.2, 0) is 0 Å². The largest absolute Gasteiger partial charge is 0.490 e. The Bertz CT molecular complexity index is 375. The molecule has 0 aliphatic rings. The molecule has 58 valence electrons. The van der Waals surface area contributed by atoms with Gasteiger partial charge in [0.2, 0.25) is 5.75 Å². The summed E-state index contributed by atoms with van der Waals surface area (Å²) in [7, 11) is 1.56. The topological polar surface area (TPSA) is 64.2 Å². The number of aromatic nitrogens is 1. The SMILES string of the molecule is COc1c(N)[nH]c2ccoc12. The van der Waals surface area contributed by atoms with E-state index < -0.39 is 0 Å². The van der Waals surface area contributed by atoms with Crippen molar-refractivity contribution in [2.45, 2.75) is 0 Å². The first-order valence-electron chi connectivity index (χ1n) is 3.21. The lowest BCUT2D eigenvalue weighted by molar-refractivity contribution is 0.413. The molecule has 0 spiro atoms. The number of nitrogens with one attached hydrogen (secondary N) is 1. The van der Waals surface area contributed by atoms with E-state index in [1.807, 2.05) is 0 Å². The van der Waals surface area contributed by atoms with Gasteiger partial charge in [-0.1, -0.05) is 0 Å². The van der Waals surface area contributed by atoms with Crippen LogP contribution in [0, 0.1) is 0 Å². The molecule has 0 aliphatic heterocycles. The first-order chi connectivity index (χ1) is 5.33. The van der Waals surface area contributed by atoms with Crippen LogP contribution >= 0.6 is 0 Å². The van der Waals surface area contributed by atoms with Gasteiger partial charge in [0.1, 0.15) is 5.82 Å². The van der Waals surface area contributed by atoms with Gasteiger partial charge in [0.25, 0.3) is 0 Å². The molecule has 0 unspecified atom stereocenters. The second-order valence-corrected chi connectivity index (χ2v) is 2.24. The number of hydrogen-bond acceptors (Lipinski definition) is 3. The van der Waals surface area contributed by atoms with Crippen LogP contribution in [0.4, 0.5) is 5.82 Å². The van der Waals surface area contributed by atoms with Gasteiger partial charge in [0.15, 0.2) is 5.58 Å². The molecule has 2 aromatic heterocycles. The minimum absolute atomic E-state index is 0.502. The molecule has 0 aliphatic carbocycles. The molecule has 2 aromatic rings. The molecule has 0 radical (unpaired) electrons. The molecule has 2 rings (SSSR count). The minimum Gasteiger partial charge on any atom is -0.490 e. The number of methoxy groups -OCH3 is 1. The number of nitrogen functional groups attached to an aromatic ring is 1. The zero-order chi connectivity index (χ0) is 7.84. The van der Waals surface area contributed by atoms with Crippen LogP contribution in [0.15, 0.2) is 16.7 Å². The molecule has 2 heterocycles.